The van der Waals surface area contributed by atoms with Crippen LogP contribution in [0.4, 0.5) is 0 Å². The number of nitrogens with two attached hydrogens (primary N) is 1. The molecule has 0 saturated heterocycles. The molecule has 0 amide bonds. The number of rotatable bonds is 7. The van der Waals surface area contributed by atoms with Gasteiger partial charge in [-0.15, -0.1) is 0 Å². The Morgan fingerprint density at radius 1 is 1.28 bits per heavy atom. The SMILES string of the molecule is Cc1c(CCN)c2c(OCC(=O)O)nccc2n1Cc1ccccc1. The molecule has 0 saturated carbocycles. The first-order valence-electron chi connectivity index (χ1n) is 8.17. The topological polar surface area (TPSA) is 90.4 Å². The van der Waals surface area contributed by atoms with E-state index < -0.39 is 12.6 Å². The van der Waals surface area contributed by atoms with Gasteiger partial charge in [-0.05, 0) is 37.1 Å². The van der Waals surface area contributed by atoms with E-state index in [1.165, 1.54) is 5.56 Å². The highest BCUT2D eigenvalue weighted by molar-refractivity contribution is 5.90. The lowest BCUT2D eigenvalue weighted by molar-refractivity contribution is -0.139. The Balaban J connectivity index is 2.12. The van der Waals surface area contributed by atoms with Crippen molar-refractivity contribution in [2.24, 2.45) is 5.73 Å². The summed E-state index contributed by atoms with van der Waals surface area (Å²) in [6.07, 6.45) is 2.33. The van der Waals surface area contributed by atoms with E-state index in [9.17, 15) is 4.79 Å². The minimum Gasteiger partial charge on any atom is -0.479 e. The lowest BCUT2D eigenvalue weighted by Gasteiger charge is -2.09. The second kappa shape index (κ2) is 7.36. The average molecular weight is 339 g/mol. The number of carbonyl (C=O) groups is 1. The second-order valence-corrected chi connectivity index (χ2v) is 5.87. The summed E-state index contributed by atoms with van der Waals surface area (Å²) in [5.74, 6) is -0.683. The van der Waals surface area contributed by atoms with Crippen LogP contribution in [0.25, 0.3) is 10.9 Å². The van der Waals surface area contributed by atoms with Crippen molar-refractivity contribution >= 4 is 16.9 Å². The van der Waals surface area contributed by atoms with E-state index in [0.29, 0.717) is 18.8 Å². The highest BCUT2D eigenvalue weighted by Gasteiger charge is 2.19. The van der Waals surface area contributed by atoms with Gasteiger partial charge in [-0.3, -0.25) is 0 Å². The average Bonchev–Trinajstić information content (AvgIpc) is 2.87. The van der Waals surface area contributed by atoms with Gasteiger partial charge < -0.3 is 20.1 Å². The van der Waals surface area contributed by atoms with Crippen molar-refractivity contribution in [2.45, 2.75) is 19.9 Å². The highest BCUT2D eigenvalue weighted by Crippen LogP contribution is 2.33. The molecule has 6 nitrogen and oxygen atoms in total. The largest absolute Gasteiger partial charge is 0.479 e. The molecule has 0 aliphatic heterocycles. The molecule has 0 fully saturated rings. The Labute approximate surface area is 145 Å². The fourth-order valence-corrected chi connectivity index (χ4v) is 3.13. The Morgan fingerprint density at radius 2 is 2.04 bits per heavy atom. The molecule has 6 heteroatoms. The number of hydrogen-bond donors (Lipinski definition) is 2. The van der Waals surface area contributed by atoms with Crippen LogP contribution in [0, 0.1) is 6.92 Å². The summed E-state index contributed by atoms with van der Waals surface area (Å²) in [4.78, 5) is 15.1. The zero-order chi connectivity index (χ0) is 17.8. The number of fused-ring (bicyclic) bond motifs is 1. The van der Waals surface area contributed by atoms with Gasteiger partial charge in [0, 0.05) is 18.4 Å². The number of nitrogens with zero attached hydrogens (tertiary/aromatic N) is 2. The van der Waals surface area contributed by atoms with Crippen molar-refractivity contribution < 1.29 is 14.6 Å². The summed E-state index contributed by atoms with van der Waals surface area (Å²) in [5, 5.41) is 9.75. The zero-order valence-corrected chi connectivity index (χ0v) is 14.1. The van der Waals surface area contributed by atoms with Crippen LogP contribution in [0.5, 0.6) is 5.88 Å². The maximum Gasteiger partial charge on any atom is 0.341 e. The lowest BCUT2D eigenvalue weighted by Crippen LogP contribution is -2.11. The predicted molar refractivity (Wildman–Crippen MR) is 95.9 cm³/mol. The first kappa shape index (κ1) is 17.0. The van der Waals surface area contributed by atoms with Crippen molar-refractivity contribution in [3.05, 3.63) is 59.4 Å². The van der Waals surface area contributed by atoms with Crippen LogP contribution in [-0.2, 0) is 17.8 Å². The van der Waals surface area contributed by atoms with Crippen LogP contribution >= 0.6 is 0 Å². The summed E-state index contributed by atoms with van der Waals surface area (Å²) in [5.41, 5.74) is 10.1. The monoisotopic (exact) mass is 339 g/mol. The molecule has 0 unspecified atom stereocenters. The molecule has 0 aliphatic carbocycles. The molecule has 25 heavy (non-hydrogen) atoms. The van der Waals surface area contributed by atoms with Crippen molar-refractivity contribution in [3.8, 4) is 5.88 Å². The van der Waals surface area contributed by atoms with Crippen LogP contribution in [0.1, 0.15) is 16.8 Å². The van der Waals surface area contributed by atoms with Crippen molar-refractivity contribution in [2.75, 3.05) is 13.2 Å². The van der Waals surface area contributed by atoms with E-state index in [-0.39, 0.29) is 0 Å². The van der Waals surface area contributed by atoms with Gasteiger partial charge in [0.1, 0.15) is 0 Å². The standard InChI is InChI=1S/C19H21N3O3/c1-13-15(7-9-20)18-16(8-10-21-19(18)25-12-17(23)24)22(13)11-14-5-3-2-4-6-14/h2-6,8,10H,7,9,11-12,20H2,1H3,(H,23,24). The molecule has 2 heterocycles. The van der Waals surface area contributed by atoms with Gasteiger partial charge in [0.15, 0.2) is 6.61 Å². The third-order valence-corrected chi connectivity index (χ3v) is 4.24. The first-order valence-corrected chi connectivity index (χ1v) is 8.17. The lowest BCUT2D eigenvalue weighted by atomic mass is 10.1. The Kier molecular flexibility index (Phi) is 5.00. The fourth-order valence-electron chi connectivity index (χ4n) is 3.13. The third-order valence-electron chi connectivity index (χ3n) is 4.24. The number of benzene rings is 1. The van der Waals surface area contributed by atoms with E-state index in [1.807, 2.05) is 24.3 Å². The number of aliphatic carboxylic acids is 1. The van der Waals surface area contributed by atoms with E-state index in [4.69, 9.17) is 15.6 Å². The fraction of sp³-hybridized carbons (Fsp3) is 0.263. The third kappa shape index (κ3) is 3.49. The smallest absolute Gasteiger partial charge is 0.341 e. The van der Waals surface area contributed by atoms with E-state index >= 15 is 0 Å². The van der Waals surface area contributed by atoms with Gasteiger partial charge in [0.2, 0.25) is 5.88 Å². The molecule has 0 spiro atoms. The van der Waals surface area contributed by atoms with Crippen LogP contribution < -0.4 is 10.5 Å². The Bertz CT molecular complexity index is 888. The molecular weight excluding hydrogens is 318 g/mol. The molecule has 0 atom stereocenters. The summed E-state index contributed by atoms with van der Waals surface area (Å²) in [6, 6.07) is 12.1. The maximum atomic E-state index is 10.9. The molecule has 130 valence electrons. The van der Waals surface area contributed by atoms with Crippen LogP contribution in [0.2, 0.25) is 0 Å². The first-order chi connectivity index (χ1) is 12.1. The van der Waals surface area contributed by atoms with Gasteiger partial charge >= 0.3 is 5.97 Å². The molecule has 3 N–H and O–H groups in total. The summed E-state index contributed by atoms with van der Waals surface area (Å²) in [6.45, 7) is 2.85. The zero-order valence-electron chi connectivity index (χ0n) is 14.1. The number of pyridine rings is 1. The van der Waals surface area contributed by atoms with E-state index in [2.05, 4.69) is 28.6 Å². The summed E-state index contributed by atoms with van der Waals surface area (Å²) < 4.78 is 7.62. The van der Waals surface area contributed by atoms with E-state index in [0.717, 1.165) is 28.7 Å². The summed E-state index contributed by atoms with van der Waals surface area (Å²) in [7, 11) is 0. The molecule has 3 rings (SSSR count). The molecule has 0 bridgehead atoms. The van der Waals surface area contributed by atoms with Crippen LogP contribution in [-0.4, -0.2) is 33.8 Å². The predicted octanol–water partition coefficient (Wildman–Crippen LogP) is 2.36. The van der Waals surface area contributed by atoms with Crippen molar-refractivity contribution in [1.29, 1.82) is 0 Å². The molecule has 3 aromatic rings. The molecule has 1 aromatic carbocycles. The minimum absolute atomic E-state index is 0.346. The molecule has 0 radical (unpaired) electrons. The van der Waals surface area contributed by atoms with Crippen LogP contribution in [0.3, 0.4) is 0 Å². The number of carboxylic acid groups (broad SMARTS) is 1. The van der Waals surface area contributed by atoms with Crippen molar-refractivity contribution in [1.82, 2.24) is 9.55 Å². The van der Waals surface area contributed by atoms with Gasteiger partial charge in [0.25, 0.3) is 0 Å². The number of hydrogen-bond acceptors (Lipinski definition) is 4. The highest BCUT2D eigenvalue weighted by atomic mass is 16.5. The minimum atomic E-state index is -1.03. The van der Waals surface area contributed by atoms with Gasteiger partial charge in [0.05, 0.1) is 10.9 Å². The van der Waals surface area contributed by atoms with Crippen LogP contribution in [0.15, 0.2) is 42.6 Å². The molecular formula is C19H21N3O3. The quantitative estimate of drug-likeness (QED) is 0.689. The normalized spacial score (nSPS) is 11.0. The second-order valence-electron chi connectivity index (χ2n) is 5.87. The van der Waals surface area contributed by atoms with Crippen molar-refractivity contribution in [3.63, 3.8) is 0 Å². The summed E-state index contributed by atoms with van der Waals surface area (Å²) >= 11 is 0. The Morgan fingerprint density at radius 3 is 2.72 bits per heavy atom. The van der Waals surface area contributed by atoms with Gasteiger partial charge in [-0.2, -0.15) is 0 Å². The number of carboxylic acids is 1. The Hall–Kier alpha value is -2.86. The molecule has 0 aliphatic rings. The van der Waals surface area contributed by atoms with E-state index in [1.54, 1.807) is 6.20 Å². The number of ether oxygens (including phenoxy) is 1. The van der Waals surface area contributed by atoms with Gasteiger partial charge in [-0.25, -0.2) is 9.78 Å². The van der Waals surface area contributed by atoms with Gasteiger partial charge in [-0.1, -0.05) is 30.3 Å². The molecule has 2 aromatic heterocycles. The maximum absolute atomic E-state index is 10.9. The number of aromatic nitrogens is 2.